The second-order valence-corrected chi connectivity index (χ2v) is 3.26. The highest BCUT2D eigenvalue weighted by Gasteiger charge is 2.03. The lowest BCUT2D eigenvalue weighted by Crippen LogP contribution is -2.11. The summed E-state index contributed by atoms with van der Waals surface area (Å²) in [6.45, 7) is 1.76. The van der Waals surface area contributed by atoms with E-state index in [1.165, 1.54) is 0 Å². The zero-order valence-corrected chi connectivity index (χ0v) is 10.3. The fourth-order valence-electron chi connectivity index (χ4n) is 1.45. The van der Waals surface area contributed by atoms with Gasteiger partial charge in [0.2, 0.25) is 0 Å². The molecule has 2 rings (SSSR count). The topological polar surface area (TPSA) is 66.0 Å². The number of aromatic hydroxyl groups is 1. The normalized spacial score (nSPS) is 9.56. The zero-order valence-electron chi connectivity index (χ0n) is 8.60. The summed E-state index contributed by atoms with van der Waals surface area (Å²) < 4.78 is 0. The van der Waals surface area contributed by atoms with Crippen LogP contribution in [0.1, 0.15) is 5.69 Å². The minimum Gasteiger partial charge on any atom is -0.508 e. The van der Waals surface area contributed by atoms with Crippen LogP contribution in [0.3, 0.4) is 0 Å². The number of nitrogens with one attached hydrogen (secondary N) is 1. The molecule has 1 heterocycles. The van der Waals surface area contributed by atoms with Crippen LogP contribution in [0.25, 0.3) is 11.1 Å². The van der Waals surface area contributed by atoms with Crippen molar-refractivity contribution in [1.29, 1.82) is 0 Å². The molecule has 1 aromatic carbocycles. The van der Waals surface area contributed by atoms with Crippen molar-refractivity contribution in [3.05, 3.63) is 46.6 Å². The number of phenolic OH excluding ortho intramolecular Hbond substituents is 1. The van der Waals surface area contributed by atoms with Gasteiger partial charge in [-0.2, -0.15) is 4.98 Å². The molecule has 0 spiro atoms. The molecule has 2 aromatic rings. The van der Waals surface area contributed by atoms with Crippen LogP contribution >= 0.6 is 17.0 Å². The van der Waals surface area contributed by atoms with Gasteiger partial charge in [-0.1, -0.05) is 12.1 Å². The maximum atomic E-state index is 10.9. The maximum Gasteiger partial charge on any atom is 0.345 e. The van der Waals surface area contributed by atoms with Crippen LogP contribution in [0.2, 0.25) is 0 Å². The Hall–Kier alpha value is -1.62. The Morgan fingerprint density at radius 3 is 2.75 bits per heavy atom. The standard InChI is InChI=1S/C11H10N2O2.BrH/c1-7-10(6-12-11(15)13-7)8-3-2-4-9(14)5-8;/h2-6,14H,1H3,(H,12,13,15);1H. The summed E-state index contributed by atoms with van der Waals surface area (Å²) in [7, 11) is 0. The molecule has 0 fully saturated rings. The number of hydrogen-bond donors (Lipinski definition) is 2. The first kappa shape index (κ1) is 12.4. The van der Waals surface area contributed by atoms with E-state index in [4.69, 9.17) is 0 Å². The largest absolute Gasteiger partial charge is 0.508 e. The molecule has 0 saturated carbocycles. The van der Waals surface area contributed by atoms with Gasteiger partial charge in [-0.05, 0) is 24.6 Å². The third-order valence-corrected chi connectivity index (χ3v) is 2.16. The van der Waals surface area contributed by atoms with E-state index < -0.39 is 0 Å². The van der Waals surface area contributed by atoms with Crippen molar-refractivity contribution in [3.63, 3.8) is 0 Å². The van der Waals surface area contributed by atoms with Gasteiger partial charge in [0.25, 0.3) is 0 Å². The minimum absolute atomic E-state index is 0. The predicted molar refractivity (Wildman–Crippen MR) is 67.0 cm³/mol. The molecule has 16 heavy (non-hydrogen) atoms. The first-order chi connectivity index (χ1) is 7.16. The maximum absolute atomic E-state index is 10.9. The fourth-order valence-corrected chi connectivity index (χ4v) is 1.45. The van der Waals surface area contributed by atoms with Crippen LogP contribution in [0.15, 0.2) is 35.3 Å². The molecule has 0 bridgehead atoms. The predicted octanol–water partition coefficient (Wildman–Crippen LogP) is 2.03. The van der Waals surface area contributed by atoms with E-state index in [2.05, 4.69) is 9.97 Å². The van der Waals surface area contributed by atoms with Gasteiger partial charge in [-0.3, -0.25) is 0 Å². The number of halogens is 1. The van der Waals surface area contributed by atoms with Crippen molar-refractivity contribution in [2.45, 2.75) is 6.92 Å². The number of hydrogen-bond acceptors (Lipinski definition) is 3. The Morgan fingerprint density at radius 2 is 2.12 bits per heavy atom. The number of nitrogens with zero attached hydrogens (tertiary/aromatic N) is 1. The Bertz CT molecular complexity index is 552. The molecule has 4 nitrogen and oxygen atoms in total. The van der Waals surface area contributed by atoms with Crippen molar-refractivity contribution in [2.24, 2.45) is 0 Å². The second kappa shape index (κ2) is 4.94. The molecule has 84 valence electrons. The van der Waals surface area contributed by atoms with Gasteiger partial charge in [0, 0.05) is 11.8 Å². The molecule has 0 aliphatic heterocycles. The number of aryl methyl sites for hydroxylation is 1. The summed E-state index contributed by atoms with van der Waals surface area (Å²) in [5.41, 5.74) is 1.92. The number of H-pyrrole nitrogens is 1. The third kappa shape index (κ3) is 2.49. The van der Waals surface area contributed by atoms with Gasteiger partial charge in [-0.25, -0.2) is 4.79 Å². The molecular weight excluding hydrogens is 272 g/mol. The van der Waals surface area contributed by atoms with Gasteiger partial charge in [-0.15, -0.1) is 17.0 Å². The number of aromatic nitrogens is 2. The highest BCUT2D eigenvalue weighted by Crippen LogP contribution is 2.23. The van der Waals surface area contributed by atoms with Gasteiger partial charge >= 0.3 is 5.69 Å². The number of aromatic amines is 1. The van der Waals surface area contributed by atoms with Crippen molar-refractivity contribution < 1.29 is 5.11 Å². The smallest absolute Gasteiger partial charge is 0.345 e. The van der Waals surface area contributed by atoms with E-state index in [-0.39, 0.29) is 28.4 Å². The van der Waals surface area contributed by atoms with E-state index in [1.54, 1.807) is 31.3 Å². The molecule has 0 amide bonds. The second-order valence-electron chi connectivity index (χ2n) is 3.26. The average Bonchev–Trinajstić information content (AvgIpc) is 2.17. The van der Waals surface area contributed by atoms with Crippen LogP contribution < -0.4 is 5.69 Å². The molecule has 0 radical (unpaired) electrons. The summed E-state index contributed by atoms with van der Waals surface area (Å²) in [6, 6.07) is 6.82. The van der Waals surface area contributed by atoms with Crippen molar-refractivity contribution >= 4 is 17.0 Å². The van der Waals surface area contributed by atoms with Crippen LogP contribution in [0, 0.1) is 6.92 Å². The van der Waals surface area contributed by atoms with Gasteiger partial charge < -0.3 is 10.1 Å². The monoisotopic (exact) mass is 282 g/mol. The highest BCUT2D eigenvalue weighted by molar-refractivity contribution is 8.93. The SMILES string of the molecule is Br.Cc1nc(=O)[nH]cc1-c1cccc(O)c1. The lowest BCUT2D eigenvalue weighted by molar-refractivity contribution is 0.475. The minimum atomic E-state index is -0.364. The Labute approximate surface area is 103 Å². The van der Waals surface area contributed by atoms with Crippen LogP contribution in [-0.4, -0.2) is 15.1 Å². The van der Waals surface area contributed by atoms with Crippen LogP contribution in [0.4, 0.5) is 0 Å². The summed E-state index contributed by atoms with van der Waals surface area (Å²) in [5.74, 6) is 0.193. The number of rotatable bonds is 1. The van der Waals surface area contributed by atoms with Crippen molar-refractivity contribution in [1.82, 2.24) is 9.97 Å². The highest BCUT2D eigenvalue weighted by atomic mass is 79.9. The van der Waals surface area contributed by atoms with Crippen LogP contribution in [-0.2, 0) is 0 Å². The lowest BCUT2D eigenvalue weighted by Gasteiger charge is -2.04. The number of phenols is 1. The Kier molecular flexibility index (Phi) is 3.84. The zero-order chi connectivity index (χ0) is 10.8. The molecule has 0 aliphatic rings. The molecule has 0 aliphatic carbocycles. The summed E-state index contributed by atoms with van der Waals surface area (Å²) >= 11 is 0. The van der Waals surface area contributed by atoms with Gasteiger partial charge in [0.15, 0.2) is 0 Å². The Balaban J connectivity index is 0.00000128. The van der Waals surface area contributed by atoms with Gasteiger partial charge in [0.1, 0.15) is 5.75 Å². The molecule has 0 saturated heterocycles. The van der Waals surface area contributed by atoms with E-state index in [0.717, 1.165) is 11.1 Å². The van der Waals surface area contributed by atoms with E-state index in [0.29, 0.717) is 5.69 Å². The third-order valence-electron chi connectivity index (χ3n) is 2.16. The van der Waals surface area contributed by atoms with Gasteiger partial charge in [0.05, 0.1) is 5.69 Å². The van der Waals surface area contributed by atoms with E-state index >= 15 is 0 Å². The average molecular weight is 283 g/mol. The molecule has 0 unspecified atom stereocenters. The molecule has 5 heteroatoms. The molecule has 0 atom stereocenters. The first-order valence-electron chi connectivity index (χ1n) is 4.52. The fraction of sp³-hybridized carbons (Fsp3) is 0.0909. The summed E-state index contributed by atoms with van der Waals surface area (Å²) in [4.78, 5) is 17.2. The number of benzene rings is 1. The van der Waals surface area contributed by atoms with Crippen molar-refractivity contribution in [2.75, 3.05) is 0 Å². The Morgan fingerprint density at radius 1 is 1.38 bits per heavy atom. The van der Waals surface area contributed by atoms with E-state index in [1.807, 2.05) is 6.07 Å². The van der Waals surface area contributed by atoms with E-state index in [9.17, 15) is 9.90 Å². The lowest BCUT2D eigenvalue weighted by atomic mass is 10.1. The molecular formula is C11H11BrN2O2. The van der Waals surface area contributed by atoms with Crippen molar-refractivity contribution in [3.8, 4) is 16.9 Å². The van der Waals surface area contributed by atoms with Crippen LogP contribution in [0.5, 0.6) is 5.75 Å². The molecule has 1 aromatic heterocycles. The molecule has 2 N–H and O–H groups in total. The summed E-state index contributed by atoms with van der Waals surface area (Å²) in [6.07, 6.45) is 1.60. The quantitative estimate of drug-likeness (QED) is 0.841. The first-order valence-corrected chi connectivity index (χ1v) is 4.52. The summed E-state index contributed by atoms with van der Waals surface area (Å²) in [5, 5.41) is 9.33.